The number of rotatable bonds is 5. The molecule has 0 aliphatic heterocycles. The molecule has 21 heavy (non-hydrogen) atoms. The van der Waals surface area contributed by atoms with E-state index in [-0.39, 0.29) is 0 Å². The minimum atomic E-state index is -4.29. The Labute approximate surface area is 121 Å². The van der Waals surface area contributed by atoms with Crippen LogP contribution in [-0.2, 0) is 19.3 Å². The largest absolute Gasteiger partial charge is 0.496 e. The van der Waals surface area contributed by atoms with E-state index in [9.17, 15) is 13.2 Å². The van der Waals surface area contributed by atoms with Crippen LogP contribution in [0.15, 0.2) is 48.5 Å². The Morgan fingerprint density at radius 2 is 1.76 bits per heavy atom. The number of hydrogen-bond acceptors (Lipinski definition) is 1. The van der Waals surface area contributed by atoms with Gasteiger partial charge in [-0.05, 0) is 24.3 Å². The fourth-order valence-electron chi connectivity index (χ4n) is 2.14. The van der Waals surface area contributed by atoms with Crippen molar-refractivity contribution in [2.75, 3.05) is 7.11 Å². The van der Waals surface area contributed by atoms with Crippen molar-refractivity contribution >= 4 is 0 Å². The minimum Gasteiger partial charge on any atom is -0.496 e. The molecular formula is C16H17F3NO+. The predicted octanol–water partition coefficient (Wildman–Crippen LogP) is 2.98. The third-order valence-corrected chi connectivity index (χ3v) is 3.19. The van der Waals surface area contributed by atoms with Gasteiger partial charge in [0.2, 0.25) is 0 Å². The van der Waals surface area contributed by atoms with E-state index in [1.807, 2.05) is 29.6 Å². The van der Waals surface area contributed by atoms with Gasteiger partial charge in [0.25, 0.3) is 0 Å². The highest BCUT2D eigenvalue weighted by Crippen LogP contribution is 2.29. The van der Waals surface area contributed by atoms with Crippen molar-refractivity contribution in [3.05, 3.63) is 65.2 Å². The molecule has 0 bridgehead atoms. The van der Waals surface area contributed by atoms with Gasteiger partial charge in [-0.1, -0.05) is 24.3 Å². The predicted molar refractivity (Wildman–Crippen MR) is 73.8 cm³/mol. The molecule has 2 rings (SSSR count). The van der Waals surface area contributed by atoms with E-state index in [1.165, 1.54) is 12.1 Å². The van der Waals surface area contributed by atoms with E-state index in [2.05, 4.69) is 0 Å². The first kappa shape index (κ1) is 15.4. The van der Waals surface area contributed by atoms with Crippen LogP contribution in [0.3, 0.4) is 0 Å². The summed E-state index contributed by atoms with van der Waals surface area (Å²) in [5, 5.41) is 1.95. The van der Waals surface area contributed by atoms with Gasteiger partial charge < -0.3 is 10.1 Å². The number of alkyl halides is 3. The van der Waals surface area contributed by atoms with Gasteiger partial charge >= 0.3 is 6.18 Å². The summed E-state index contributed by atoms with van der Waals surface area (Å²) in [4.78, 5) is 0. The first-order chi connectivity index (χ1) is 10.0. The molecule has 2 nitrogen and oxygen atoms in total. The molecule has 5 heteroatoms. The number of ether oxygens (including phenoxy) is 1. The molecule has 0 saturated carbocycles. The van der Waals surface area contributed by atoms with Crippen LogP contribution in [0.25, 0.3) is 0 Å². The van der Waals surface area contributed by atoms with Crippen molar-refractivity contribution in [2.24, 2.45) is 0 Å². The molecule has 2 aromatic carbocycles. The second-order valence-electron chi connectivity index (χ2n) is 4.71. The van der Waals surface area contributed by atoms with Crippen LogP contribution < -0.4 is 10.1 Å². The second-order valence-corrected chi connectivity index (χ2v) is 4.71. The van der Waals surface area contributed by atoms with Crippen LogP contribution in [0.2, 0.25) is 0 Å². The Hall–Kier alpha value is -2.01. The summed E-state index contributed by atoms with van der Waals surface area (Å²) in [6.07, 6.45) is -4.29. The van der Waals surface area contributed by atoms with Crippen molar-refractivity contribution in [3.63, 3.8) is 0 Å². The number of benzene rings is 2. The Morgan fingerprint density at radius 1 is 1.00 bits per heavy atom. The van der Waals surface area contributed by atoms with Gasteiger partial charge in [-0.3, -0.25) is 0 Å². The Kier molecular flexibility index (Phi) is 4.85. The van der Waals surface area contributed by atoms with E-state index in [4.69, 9.17) is 4.74 Å². The SMILES string of the molecule is COc1ccccc1C[NH2+]Cc1cccc(C(F)(F)F)c1. The summed E-state index contributed by atoms with van der Waals surface area (Å²) < 4.78 is 43.1. The summed E-state index contributed by atoms with van der Waals surface area (Å²) >= 11 is 0. The lowest BCUT2D eigenvalue weighted by atomic mass is 10.1. The molecule has 0 unspecified atom stereocenters. The highest BCUT2D eigenvalue weighted by atomic mass is 19.4. The highest BCUT2D eigenvalue weighted by molar-refractivity contribution is 5.32. The lowest BCUT2D eigenvalue weighted by Crippen LogP contribution is -2.80. The van der Waals surface area contributed by atoms with Crippen molar-refractivity contribution in [3.8, 4) is 5.75 Å². The molecule has 0 heterocycles. The van der Waals surface area contributed by atoms with Crippen LogP contribution in [0.4, 0.5) is 13.2 Å². The van der Waals surface area contributed by atoms with Gasteiger partial charge in [0.05, 0.1) is 12.7 Å². The van der Waals surface area contributed by atoms with Gasteiger partial charge in [0.1, 0.15) is 18.8 Å². The number of methoxy groups -OCH3 is 1. The molecule has 112 valence electrons. The molecule has 0 aromatic heterocycles. The Balaban J connectivity index is 1.98. The highest BCUT2D eigenvalue weighted by Gasteiger charge is 2.30. The summed E-state index contributed by atoms with van der Waals surface area (Å²) in [5.41, 5.74) is 1.07. The molecule has 0 saturated heterocycles. The Morgan fingerprint density at radius 3 is 2.48 bits per heavy atom. The second kappa shape index (κ2) is 6.63. The molecular weight excluding hydrogens is 279 g/mol. The third-order valence-electron chi connectivity index (χ3n) is 3.19. The minimum absolute atomic E-state index is 0.488. The molecule has 2 N–H and O–H groups in total. The molecule has 0 spiro atoms. The molecule has 2 aromatic rings. The molecule has 0 aliphatic rings. The fraction of sp³-hybridized carbons (Fsp3) is 0.250. The van der Waals surface area contributed by atoms with Crippen molar-refractivity contribution in [2.45, 2.75) is 19.3 Å². The van der Waals surface area contributed by atoms with Gasteiger partial charge in [0, 0.05) is 11.1 Å². The Bertz CT molecular complexity index is 596. The average molecular weight is 296 g/mol. The third kappa shape index (κ3) is 4.23. The van der Waals surface area contributed by atoms with Crippen molar-refractivity contribution in [1.29, 1.82) is 0 Å². The molecule has 0 atom stereocenters. The van der Waals surface area contributed by atoms with Crippen LogP contribution in [0.5, 0.6) is 5.75 Å². The smallest absolute Gasteiger partial charge is 0.416 e. The van der Waals surface area contributed by atoms with E-state index in [1.54, 1.807) is 13.2 Å². The van der Waals surface area contributed by atoms with E-state index in [0.717, 1.165) is 17.4 Å². The number of halogens is 3. The maximum absolute atomic E-state index is 12.6. The standard InChI is InChI=1S/C16H16F3NO/c1-21-15-8-3-2-6-13(15)11-20-10-12-5-4-7-14(9-12)16(17,18)19/h2-9,20H,10-11H2,1H3/p+1. The molecule has 0 aliphatic carbocycles. The van der Waals surface area contributed by atoms with E-state index < -0.39 is 11.7 Å². The van der Waals surface area contributed by atoms with Crippen LogP contribution >= 0.6 is 0 Å². The summed E-state index contributed by atoms with van der Waals surface area (Å²) in [7, 11) is 1.60. The zero-order valence-electron chi connectivity index (χ0n) is 11.7. The van der Waals surface area contributed by atoms with Gasteiger partial charge in [-0.2, -0.15) is 13.2 Å². The number of quaternary nitrogens is 1. The number of nitrogens with two attached hydrogens (primary N) is 1. The molecule has 0 fully saturated rings. The van der Waals surface area contributed by atoms with Crippen LogP contribution in [0, 0.1) is 0 Å². The van der Waals surface area contributed by atoms with Crippen molar-refractivity contribution in [1.82, 2.24) is 0 Å². The first-order valence-corrected chi connectivity index (χ1v) is 6.60. The average Bonchev–Trinajstić information content (AvgIpc) is 2.47. The maximum atomic E-state index is 12.6. The summed E-state index contributed by atoms with van der Waals surface area (Å²) in [5.74, 6) is 0.790. The van der Waals surface area contributed by atoms with Crippen molar-refractivity contribution < 1.29 is 23.2 Å². The quantitative estimate of drug-likeness (QED) is 0.902. The van der Waals surface area contributed by atoms with Crippen LogP contribution in [-0.4, -0.2) is 7.11 Å². The topological polar surface area (TPSA) is 25.8 Å². The lowest BCUT2D eigenvalue weighted by molar-refractivity contribution is -0.686. The fourth-order valence-corrected chi connectivity index (χ4v) is 2.14. The van der Waals surface area contributed by atoms with Gasteiger partial charge in [-0.15, -0.1) is 0 Å². The van der Waals surface area contributed by atoms with Crippen LogP contribution in [0.1, 0.15) is 16.7 Å². The molecule has 0 radical (unpaired) electrons. The maximum Gasteiger partial charge on any atom is 0.416 e. The first-order valence-electron chi connectivity index (χ1n) is 6.60. The number of hydrogen-bond donors (Lipinski definition) is 1. The summed E-state index contributed by atoms with van der Waals surface area (Å²) in [6, 6.07) is 13.0. The normalized spacial score (nSPS) is 11.4. The van der Waals surface area contributed by atoms with Gasteiger partial charge in [-0.25, -0.2) is 0 Å². The monoisotopic (exact) mass is 296 g/mol. The summed E-state index contributed by atoms with van der Waals surface area (Å²) in [6.45, 7) is 1.14. The van der Waals surface area contributed by atoms with Gasteiger partial charge in [0.15, 0.2) is 0 Å². The molecule has 0 amide bonds. The van der Waals surface area contributed by atoms with E-state index >= 15 is 0 Å². The zero-order chi connectivity index (χ0) is 15.3. The lowest BCUT2D eigenvalue weighted by Gasteiger charge is -2.09. The number of para-hydroxylation sites is 1. The van der Waals surface area contributed by atoms with E-state index in [0.29, 0.717) is 18.7 Å². The zero-order valence-corrected chi connectivity index (χ0v) is 11.7.